The molecule has 0 bridgehead atoms. The molecule has 0 radical (unpaired) electrons. The summed E-state index contributed by atoms with van der Waals surface area (Å²) in [6.45, 7) is 0. The number of carbonyl (C=O) groups excluding carboxylic acids is 1. The van der Waals surface area contributed by atoms with Gasteiger partial charge in [-0.05, 0) is 23.7 Å². The standard InChI is InChI=1S/C8H8ClNO2/c1-12-7-5-3-2-4-6(7)10-8(9)11/h2-5H,1H3,(H,10,11). The first-order chi connectivity index (χ1) is 5.74. The molecule has 1 N–H and O–H groups in total. The molecule has 12 heavy (non-hydrogen) atoms. The second kappa shape index (κ2) is 3.97. The van der Waals surface area contributed by atoms with Crippen LogP contribution in [0.15, 0.2) is 24.3 Å². The molecule has 0 aromatic heterocycles. The van der Waals surface area contributed by atoms with Crippen LogP contribution in [0, 0.1) is 0 Å². The highest BCUT2D eigenvalue weighted by Crippen LogP contribution is 2.23. The van der Waals surface area contributed by atoms with E-state index in [4.69, 9.17) is 16.3 Å². The predicted molar refractivity (Wildman–Crippen MR) is 47.9 cm³/mol. The Hall–Kier alpha value is -1.22. The molecule has 64 valence electrons. The van der Waals surface area contributed by atoms with Gasteiger partial charge >= 0.3 is 5.37 Å². The van der Waals surface area contributed by atoms with E-state index < -0.39 is 5.37 Å². The average molecular weight is 186 g/mol. The number of methoxy groups -OCH3 is 1. The smallest absolute Gasteiger partial charge is 0.318 e. The fourth-order valence-electron chi connectivity index (χ4n) is 0.854. The summed E-state index contributed by atoms with van der Waals surface area (Å²) in [4.78, 5) is 10.5. The lowest BCUT2D eigenvalue weighted by Crippen LogP contribution is -2.02. The third-order valence-electron chi connectivity index (χ3n) is 1.34. The number of nitrogens with one attached hydrogen (secondary N) is 1. The van der Waals surface area contributed by atoms with E-state index in [-0.39, 0.29) is 0 Å². The highest BCUT2D eigenvalue weighted by atomic mass is 35.5. The normalized spacial score (nSPS) is 9.17. The van der Waals surface area contributed by atoms with Crippen LogP contribution in [0.5, 0.6) is 5.75 Å². The first-order valence-electron chi connectivity index (χ1n) is 3.33. The minimum absolute atomic E-state index is 0.569. The summed E-state index contributed by atoms with van der Waals surface area (Å²) in [7, 11) is 1.53. The van der Waals surface area contributed by atoms with Gasteiger partial charge in [0, 0.05) is 0 Å². The van der Waals surface area contributed by atoms with Crippen LogP contribution in [-0.2, 0) is 0 Å². The molecular formula is C8H8ClNO2. The van der Waals surface area contributed by atoms with E-state index in [1.54, 1.807) is 18.2 Å². The Balaban J connectivity index is 2.89. The molecule has 4 heteroatoms. The fourth-order valence-corrected chi connectivity index (χ4v) is 0.956. The summed E-state index contributed by atoms with van der Waals surface area (Å²) in [5.41, 5.74) is 0.569. The van der Waals surface area contributed by atoms with Gasteiger partial charge in [0.2, 0.25) is 0 Å². The van der Waals surface area contributed by atoms with Crippen molar-refractivity contribution < 1.29 is 9.53 Å². The van der Waals surface area contributed by atoms with Crippen molar-refractivity contribution in [2.75, 3.05) is 12.4 Å². The van der Waals surface area contributed by atoms with Crippen molar-refractivity contribution in [1.29, 1.82) is 0 Å². The molecule has 0 aliphatic rings. The topological polar surface area (TPSA) is 38.3 Å². The SMILES string of the molecule is COc1ccccc1NC(=O)Cl. The number of benzene rings is 1. The van der Waals surface area contributed by atoms with Gasteiger partial charge in [-0.15, -0.1) is 0 Å². The van der Waals surface area contributed by atoms with E-state index >= 15 is 0 Å². The molecule has 1 rings (SSSR count). The zero-order valence-electron chi connectivity index (χ0n) is 6.50. The summed E-state index contributed by atoms with van der Waals surface area (Å²) >= 11 is 5.14. The van der Waals surface area contributed by atoms with Crippen molar-refractivity contribution >= 4 is 22.7 Å². The van der Waals surface area contributed by atoms with Crippen molar-refractivity contribution in [2.24, 2.45) is 0 Å². The summed E-state index contributed by atoms with van der Waals surface area (Å²) in [6.07, 6.45) is 0. The minimum Gasteiger partial charge on any atom is -0.495 e. The number of anilines is 1. The molecule has 0 atom stereocenters. The third-order valence-corrected chi connectivity index (χ3v) is 1.43. The summed E-state index contributed by atoms with van der Waals surface area (Å²) in [5.74, 6) is 0.589. The Bertz CT molecular complexity index is 288. The molecule has 1 aromatic rings. The number of halogens is 1. The number of hydrogen-bond acceptors (Lipinski definition) is 2. The second-order valence-corrected chi connectivity index (χ2v) is 2.44. The van der Waals surface area contributed by atoms with Crippen molar-refractivity contribution in [3.63, 3.8) is 0 Å². The van der Waals surface area contributed by atoms with Crippen LogP contribution in [0.1, 0.15) is 0 Å². The largest absolute Gasteiger partial charge is 0.495 e. The maximum Gasteiger partial charge on any atom is 0.318 e. The Morgan fingerprint density at radius 1 is 1.50 bits per heavy atom. The number of amides is 1. The Labute approximate surface area is 75.3 Å². The zero-order valence-corrected chi connectivity index (χ0v) is 7.26. The van der Waals surface area contributed by atoms with E-state index in [0.29, 0.717) is 11.4 Å². The maximum atomic E-state index is 10.5. The first-order valence-corrected chi connectivity index (χ1v) is 3.71. The highest BCUT2D eigenvalue weighted by Gasteiger charge is 2.02. The van der Waals surface area contributed by atoms with Crippen molar-refractivity contribution in [3.05, 3.63) is 24.3 Å². The van der Waals surface area contributed by atoms with Crippen LogP contribution in [0.3, 0.4) is 0 Å². The average Bonchev–Trinajstić information content (AvgIpc) is 2.04. The summed E-state index contributed by atoms with van der Waals surface area (Å²) in [5, 5.41) is 1.80. The minimum atomic E-state index is -0.625. The van der Waals surface area contributed by atoms with Gasteiger partial charge in [0.15, 0.2) is 0 Å². The Kier molecular flexibility index (Phi) is 2.94. The first kappa shape index (κ1) is 8.87. The van der Waals surface area contributed by atoms with Crippen LogP contribution < -0.4 is 10.1 Å². The van der Waals surface area contributed by atoms with Crippen LogP contribution >= 0.6 is 11.6 Å². The van der Waals surface area contributed by atoms with Gasteiger partial charge in [-0.1, -0.05) is 12.1 Å². The van der Waals surface area contributed by atoms with Gasteiger partial charge in [0.05, 0.1) is 12.8 Å². The van der Waals surface area contributed by atoms with E-state index in [9.17, 15) is 4.79 Å². The molecule has 0 heterocycles. The molecule has 0 spiro atoms. The van der Waals surface area contributed by atoms with Gasteiger partial charge in [-0.2, -0.15) is 0 Å². The Morgan fingerprint density at radius 3 is 2.75 bits per heavy atom. The van der Waals surface area contributed by atoms with E-state index in [1.807, 2.05) is 6.07 Å². The highest BCUT2D eigenvalue weighted by molar-refractivity contribution is 6.65. The number of carbonyl (C=O) groups is 1. The lowest BCUT2D eigenvalue weighted by molar-refractivity contribution is 0.269. The maximum absolute atomic E-state index is 10.5. The van der Waals surface area contributed by atoms with Crippen LogP contribution in [0.2, 0.25) is 0 Å². The quantitative estimate of drug-likeness (QED) is 0.568. The van der Waals surface area contributed by atoms with Gasteiger partial charge in [-0.25, -0.2) is 0 Å². The summed E-state index contributed by atoms with van der Waals surface area (Å²) < 4.78 is 4.97. The molecule has 0 fully saturated rings. The number of rotatable bonds is 2. The molecule has 0 aliphatic heterocycles. The zero-order chi connectivity index (χ0) is 8.97. The monoisotopic (exact) mass is 185 g/mol. The van der Waals surface area contributed by atoms with Crippen LogP contribution in [-0.4, -0.2) is 12.5 Å². The molecule has 1 amide bonds. The van der Waals surface area contributed by atoms with Crippen LogP contribution in [0.4, 0.5) is 10.5 Å². The molecule has 3 nitrogen and oxygen atoms in total. The molecule has 0 saturated carbocycles. The number of ether oxygens (including phenoxy) is 1. The van der Waals surface area contributed by atoms with Gasteiger partial charge in [0.1, 0.15) is 5.75 Å². The second-order valence-electron chi connectivity index (χ2n) is 2.10. The number of para-hydroxylation sites is 2. The van der Waals surface area contributed by atoms with Crippen molar-refractivity contribution in [3.8, 4) is 5.75 Å². The fraction of sp³-hybridized carbons (Fsp3) is 0.125. The molecule has 0 aliphatic carbocycles. The van der Waals surface area contributed by atoms with Gasteiger partial charge in [-0.3, -0.25) is 4.79 Å². The number of hydrogen-bond donors (Lipinski definition) is 1. The lowest BCUT2D eigenvalue weighted by atomic mass is 10.3. The van der Waals surface area contributed by atoms with Gasteiger partial charge < -0.3 is 10.1 Å². The molecule has 1 aromatic carbocycles. The lowest BCUT2D eigenvalue weighted by Gasteiger charge is -2.06. The van der Waals surface area contributed by atoms with Crippen molar-refractivity contribution in [2.45, 2.75) is 0 Å². The van der Waals surface area contributed by atoms with Gasteiger partial charge in [0.25, 0.3) is 0 Å². The van der Waals surface area contributed by atoms with E-state index in [1.165, 1.54) is 7.11 Å². The predicted octanol–water partition coefficient (Wildman–Crippen LogP) is 2.47. The molecule has 0 unspecified atom stereocenters. The van der Waals surface area contributed by atoms with E-state index in [0.717, 1.165) is 0 Å². The Morgan fingerprint density at radius 2 is 2.17 bits per heavy atom. The molecular weight excluding hydrogens is 178 g/mol. The van der Waals surface area contributed by atoms with E-state index in [2.05, 4.69) is 5.32 Å². The summed E-state index contributed by atoms with van der Waals surface area (Å²) in [6, 6.07) is 7.04. The van der Waals surface area contributed by atoms with Crippen molar-refractivity contribution in [1.82, 2.24) is 0 Å². The van der Waals surface area contributed by atoms with Crippen LogP contribution in [0.25, 0.3) is 0 Å². The third kappa shape index (κ3) is 2.13. The molecule has 0 saturated heterocycles.